The van der Waals surface area contributed by atoms with Crippen LogP contribution in [0, 0.1) is 0 Å². The highest BCUT2D eigenvalue weighted by atomic mass is 35.5. The summed E-state index contributed by atoms with van der Waals surface area (Å²) in [6.45, 7) is -6.81. The maximum atomic E-state index is 12.1. The predicted molar refractivity (Wildman–Crippen MR) is 56.7 cm³/mol. The molecule has 0 saturated carbocycles. The molecule has 0 fully saturated rings. The number of hydrogen-bond donors (Lipinski definition) is 1. The Balaban J connectivity index is 3.48. The summed E-state index contributed by atoms with van der Waals surface area (Å²) in [5, 5.41) is 7.70. The summed E-state index contributed by atoms with van der Waals surface area (Å²) < 4.78 is 56.3. The average Bonchev–Trinajstić information content (AvgIpc) is 2.23. The van der Waals surface area contributed by atoms with Gasteiger partial charge in [-0.25, -0.2) is 4.79 Å². The minimum Gasteiger partial charge on any atom is -0.477 e. The highest BCUT2D eigenvalue weighted by Gasteiger charge is 2.28. The Kier molecular flexibility index (Phi) is 5.07. The Morgan fingerprint density at radius 1 is 1.05 bits per heavy atom. The van der Waals surface area contributed by atoms with Gasteiger partial charge in [0.15, 0.2) is 11.5 Å². The Morgan fingerprint density at radius 2 is 1.42 bits per heavy atom. The van der Waals surface area contributed by atoms with Crippen molar-refractivity contribution in [1.29, 1.82) is 0 Å². The van der Waals surface area contributed by atoms with Crippen LogP contribution in [0.25, 0.3) is 0 Å². The summed E-state index contributed by atoms with van der Waals surface area (Å²) in [7, 11) is 0. The molecule has 1 aromatic carbocycles. The summed E-state index contributed by atoms with van der Waals surface area (Å²) in [4.78, 5) is 10.9. The van der Waals surface area contributed by atoms with Crippen molar-refractivity contribution in [3.8, 4) is 11.5 Å². The van der Waals surface area contributed by atoms with Crippen molar-refractivity contribution in [2.45, 2.75) is 13.2 Å². The Bertz CT molecular complexity index is 461. The van der Waals surface area contributed by atoms with Gasteiger partial charge in [-0.15, -0.1) is 0 Å². The molecule has 10 heteroatoms. The van der Waals surface area contributed by atoms with Crippen LogP contribution in [0.2, 0.25) is 10.0 Å². The maximum absolute atomic E-state index is 12.1. The minimum absolute atomic E-state index is 0.579. The van der Waals surface area contributed by atoms with Crippen molar-refractivity contribution in [2.24, 2.45) is 0 Å². The fourth-order valence-corrected chi connectivity index (χ4v) is 1.74. The fraction of sp³-hybridized carbons (Fsp3) is 0.222. The van der Waals surface area contributed by atoms with E-state index in [1.807, 2.05) is 0 Å². The first-order valence-corrected chi connectivity index (χ1v) is 5.14. The van der Waals surface area contributed by atoms with Gasteiger partial charge in [-0.2, -0.15) is 17.6 Å². The first kappa shape index (κ1) is 15.6. The van der Waals surface area contributed by atoms with Crippen LogP contribution in [0.15, 0.2) is 6.07 Å². The third kappa shape index (κ3) is 3.77. The molecule has 0 aliphatic carbocycles. The molecule has 106 valence electrons. The van der Waals surface area contributed by atoms with E-state index in [2.05, 4.69) is 9.47 Å². The Morgan fingerprint density at radius 3 is 1.68 bits per heavy atom. The van der Waals surface area contributed by atoms with Gasteiger partial charge >= 0.3 is 19.2 Å². The highest BCUT2D eigenvalue weighted by molar-refractivity contribution is 6.37. The molecule has 0 atom stereocenters. The van der Waals surface area contributed by atoms with Crippen LogP contribution in [0.3, 0.4) is 0 Å². The summed E-state index contributed by atoms with van der Waals surface area (Å²) in [6.07, 6.45) is 0. The van der Waals surface area contributed by atoms with Gasteiger partial charge in [0.1, 0.15) is 5.56 Å². The smallest absolute Gasteiger partial charge is 0.387 e. The van der Waals surface area contributed by atoms with Crippen LogP contribution in [-0.2, 0) is 0 Å². The zero-order chi connectivity index (χ0) is 14.7. The molecule has 1 N–H and O–H groups in total. The number of ether oxygens (including phenoxy) is 2. The van der Waals surface area contributed by atoms with Gasteiger partial charge in [0.2, 0.25) is 0 Å². The Labute approximate surface area is 113 Å². The van der Waals surface area contributed by atoms with E-state index in [0.29, 0.717) is 0 Å². The molecule has 0 heterocycles. The average molecular weight is 323 g/mol. The summed E-state index contributed by atoms with van der Waals surface area (Å²) >= 11 is 11.0. The molecular formula is C9H4Cl2F4O4. The lowest BCUT2D eigenvalue weighted by Crippen LogP contribution is -2.13. The number of rotatable bonds is 5. The molecule has 19 heavy (non-hydrogen) atoms. The van der Waals surface area contributed by atoms with E-state index in [-0.39, 0.29) is 0 Å². The van der Waals surface area contributed by atoms with Crippen LogP contribution in [-0.4, -0.2) is 24.3 Å². The summed E-state index contributed by atoms with van der Waals surface area (Å²) in [6, 6.07) is 0.755. The normalized spacial score (nSPS) is 10.9. The lowest BCUT2D eigenvalue weighted by molar-refractivity contribution is -0.0551. The summed E-state index contributed by atoms with van der Waals surface area (Å²) in [5.74, 6) is -3.89. The monoisotopic (exact) mass is 322 g/mol. The van der Waals surface area contributed by atoms with Crippen molar-refractivity contribution >= 4 is 29.2 Å². The lowest BCUT2D eigenvalue weighted by atomic mass is 10.1. The van der Waals surface area contributed by atoms with Crippen molar-refractivity contribution in [3.05, 3.63) is 21.7 Å². The van der Waals surface area contributed by atoms with E-state index in [9.17, 15) is 22.4 Å². The molecule has 1 aromatic rings. The van der Waals surface area contributed by atoms with Gasteiger partial charge in [-0.3, -0.25) is 0 Å². The Hall–Kier alpha value is -1.41. The van der Waals surface area contributed by atoms with Crippen LogP contribution < -0.4 is 9.47 Å². The van der Waals surface area contributed by atoms with Crippen LogP contribution >= 0.6 is 23.2 Å². The number of aromatic carboxylic acids is 1. The predicted octanol–water partition coefficient (Wildman–Crippen LogP) is 3.89. The molecule has 0 aliphatic heterocycles. The van der Waals surface area contributed by atoms with Gasteiger partial charge in [0.25, 0.3) is 0 Å². The number of carboxylic acids is 1. The van der Waals surface area contributed by atoms with E-state index >= 15 is 0 Å². The third-order valence-corrected chi connectivity index (χ3v) is 2.33. The van der Waals surface area contributed by atoms with E-state index in [1.54, 1.807) is 0 Å². The molecule has 0 unspecified atom stereocenters. The standard InChI is InChI=1S/C9H4Cl2F4O4/c10-2-1-3(11)6(19-9(14)15)4(7(16)17)5(2)18-8(12)13/h1,8-9H,(H,16,17). The number of halogens is 6. The second-order valence-electron chi connectivity index (χ2n) is 2.94. The maximum Gasteiger partial charge on any atom is 0.387 e. The van der Waals surface area contributed by atoms with Crippen molar-refractivity contribution in [3.63, 3.8) is 0 Å². The van der Waals surface area contributed by atoms with Crippen LogP contribution in [0.1, 0.15) is 10.4 Å². The molecule has 0 aliphatic rings. The quantitative estimate of drug-likeness (QED) is 0.835. The molecular weight excluding hydrogens is 319 g/mol. The summed E-state index contributed by atoms with van der Waals surface area (Å²) in [5.41, 5.74) is -1.11. The molecule has 0 radical (unpaired) electrons. The molecule has 4 nitrogen and oxygen atoms in total. The second-order valence-corrected chi connectivity index (χ2v) is 3.75. The topological polar surface area (TPSA) is 55.8 Å². The van der Waals surface area contributed by atoms with Gasteiger partial charge in [-0.05, 0) is 6.07 Å². The molecule has 0 amide bonds. The lowest BCUT2D eigenvalue weighted by Gasteiger charge is -2.15. The SMILES string of the molecule is O=C(O)c1c(OC(F)F)c(Cl)cc(Cl)c1OC(F)F. The largest absolute Gasteiger partial charge is 0.477 e. The van der Waals surface area contributed by atoms with E-state index in [0.717, 1.165) is 6.07 Å². The van der Waals surface area contributed by atoms with Gasteiger partial charge < -0.3 is 14.6 Å². The van der Waals surface area contributed by atoms with Gasteiger partial charge in [0, 0.05) is 0 Å². The third-order valence-electron chi connectivity index (χ3n) is 1.77. The number of alkyl halides is 4. The van der Waals surface area contributed by atoms with Gasteiger partial charge in [-0.1, -0.05) is 23.2 Å². The zero-order valence-electron chi connectivity index (χ0n) is 8.67. The zero-order valence-corrected chi connectivity index (χ0v) is 10.2. The molecule has 0 saturated heterocycles. The van der Waals surface area contributed by atoms with Crippen molar-refractivity contribution in [2.75, 3.05) is 0 Å². The van der Waals surface area contributed by atoms with E-state index in [4.69, 9.17) is 28.3 Å². The van der Waals surface area contributed by atoms with Crippen molar-refractivity contribution in [1.82, 2.24) is 0 Å². The van der Waals surface area contributed by atoms with E-state index < -0.39 is 46.3 Å². The number of carboxylic acid groups (broad SMARTS) is 1. The molecule has 0 spiro atoms. The van der Waals surface area contributed by atoms with Crippen molar-refractivity contribution < 1.29 is 36.9 Å². The number of hydrogen-bond acceptors (Lipinski definition) is 3. The fourth-order valence-electron chi connectivity index (χ4n) is 1.19. The van der Waals surface area contributed by atoms with E-state index in [1.165, 1.54) is 0 Å². The number of benzene rings is 1. The molecule has 0 aromatic heterocycles. The van der Waals surface area contributed by atoms with Crippen LogP contribution in [0.4, 0.5) is 17.6 Å². The van der Waals surface area contributed by atoms with Gasteiger partial charge in [0.05, 0.1) is 10.0 Å². The second kappa shape index (κ2) is 6.16. The first-order chi connectivity index (χ1) is 8.73. The number of carbonyl (C=O) groups is 1. The minimum atomic E-state index is -3.41. The molecule has 0 bridgehead atoms. The molecule has 1 rings (SSSR count). The highest BCUT2D eigenvalue weighted by Crippen LogP contribution is 2.42. The first-order valence-electron chi connectivity index (χ1n) is 4.39. The van der Waals surface area contributed by atoms with Crippen LogP contribution in [0.5, 0.6) is 11.5 Å².